The van der Waals surface area contributed by atoms with Gasteiger partial charge in [-0.3, -0.25) is 0 Å². The van der Waals surface area contributed by atoms with Gasteiger partial charge in [0.25, 0.3) is 0 Å². The molecule has 1 aromatic heterocycles. The van der Waals surface area contributed by atoms with Crippen LogP contribution in [0, 0.1) is 5.92 Å². The third-order valence-corrected chi connectivity index (χ3v) is 2.14. The van der Waals surface area contributed by atoms with Crippen LogP contribution in [0.4, 0.5) is 0 Å². The third kappa shape index (κ3) is 4.42. The molecule has 0 fully saturated rings. The molecule has 1 heterocycles. The Morgan fingerprint density at radius 1 is 1.33 bits per heavy atom. The van der Waals surface area contributed by atoms with E-state index in [0.29, 0.717) is 12.0 Å². The molecular formula is C11H22N4. The minimum Gasteiger partial charge on any atom is -0.314 e. The van der Waals surface area contributed by atoms with E-state index in [9.17, 15) is 0 Å². The van der Waals surface area contributed by atoms with E-state index >= 15 is 0 Å². The molecule has 15 heavy (non-hydrogen) atoms. The lowest BCUT2D eigenvalue weighted by molar-refractivity contribution is 0.460. The van der Waals surface area contributed by atoms with E-state index in [1.54, 1.807) is 6.33 Å². The lowest BCUT2D eigenvalue weighted by Crippen LogP contribution is -2.26. The Morgan fingerprint density at radius 3 is 2.67 bits per heavy atom. The molecule has 0 aliphatic heterocycles. The molecule has 0 aliphatic rings. The summed E-state index contributed by atoms with van der Waals surface area (Å²) in [6.45, 7) is 10.6. The van der Waals surface area contributed by atoms with Crippen molar-refractivity contribution < 1.29 is 0 Å². The maximum Gasteiger partial charge on any atom is 0.138 e. The highest BCUT2D eigenvalue weighted by molar-refractivity contribution is 4.85. The second kappa shape index (κ2) is 5.85. The maximum absolute atomic E-state index is 4.28. The number of hydrogen-bond acceptors (Lipinski definition) is 3. The zero-order valence-electron chi connectivity index (χ0n) is 10.2. The summed E-state index contributed by atoms with van der Waals surface area (Å²) < 4.78 is 2.01. The summed E-state index contributed by atoms with van der Waals surface area (Å²) >= 11 is 0. The molecule has 0 saturated carbocycles. The van der Waals surface area contributed by atoms with Crippen LogP contribution in [0.5, 0.6) is 0 Å². The van der Waals surface area contributed by atoms with Crippen LogP contribution in [0.2, 0.25) is 0 Å². The Balaban J connectivity index is 2.43. The third-order valence-electron chi connectivity index (χ3n) is 2.14. The topological polar surface area (TPSA) is 42.7 Å². The second-order valence-electron chi connectivity index (χ2n) is 4.61. The van der Waals surface area contributed by atoms with Gasteiger partial charge in [0.1, 0.15) is 12.2 Å². The van der Waals surface area contributed by atoms with Crippen molar-refractivity contribution in [1.82, 2.24) is 20.1 Å². The van der Waals surface area contributed by atoms with E-state index in [1.165, 1.54) is 0 Å². The van der Waals surface area contributed by atoms with Crippen molar-refractivity contribution in [2.45, 2.75) is 46.7 Å². The molecule has 4 nitrogen and oxygen atoms in total. The van der Waals surface area contributed by atoms with Gasteiger partial charge in [-0.05, 0) is 5.92 Å². The smallest absolute Gasteiger partial charge is 0.138 e. The summed E-state index contributed by atoms with van der Waals surface area (Å²) in [5.41, 5.74) is 0. The highest BCUT2D eigenvalue weighted by atomic mass is 15.3. The van der Waals surface area contributed by atoms with Gasteiger partial charge in [-0.1, -0.05) is 27.7 Å². The molecule has 0 radical (unpaired) electrons. The number of nitrogens with one attached hydrogen (secondary N) is 1. The van der Waals surface area contributed by atoms with Crippen LogP contribution in [-0.4, -0.2) is 27.4 Å². The Hall–Kier alpha value is -0.900. The Bertz CT molecular complexity index is 278. The van der Waals surface area contributed by atoms with Crippen LogP contribution in [0.25, 0.3) is 0 Å². The largest absolute Gasteiger partial charge is 0.314 e. The highest BCUT2D eigenvalue weighted by Gasteiger charge is 2.05. The summed E-state index contributed by atoms with van der Waals surface area (Å²) in [7, 11) is 0. The van der Waals surface area contributed by atoms with Crippen LogP contribution < -0.4 is 5.32 Å². The fraction of sp³-hybridized carbons (Fsp3) is 0.818. The van der Waals surface area contributed by atoms with Crippen molar-refractivity contribution in [2.24, 2.45) is 5.92 Å². The van der Waals surface area contributed by atoms with Crippen molar-refractivity contribution in [3.63, 3.8) is 0 Å². The average molecular weight is 210 g/mol. The lowest BCUT2D eigenvalue weighted by atomic mass is 10.2. The van der Waals surface area contributed by atoms with Crippen molar-refractivity contribution in [3.8, 4) is 0 Å². The Morgan fingerprint density at radius 2 is 2.07 bits per heavy atom. The minimum atomic E-state index is 0.534. The summed E-state index contributed by atoms with van der Waals surface area (Å²) in [4.78, 5) is 4.28. The molecule has 0 saturated heterocycles. The molecule has 0 unspecified atom stereocenters. The zero-order valence-corrected chi connectivity index (χ0v) is 10.2. The number of hydrogen-bond donors (Lipinski definition) is 1. The first-order valence-corrected chi connectivity index (χ1v) is 5.69. The molecule has 1 N–H and O–H groups in total. The summed E-state index contributed by atoms with van der Waals surface area (Å²) in [6, 6.07) is 0.534. The van der Waals surface area contributed by atoms with Gasteiger partial charge in [0.15, 0.2) is 0 Å². The Kier molecular flexibility index (Phi) is 4.75. The fourth-order valence-corrected chi connectivity index (χ4v) is 1.45. The Labute approximate surface area is 92.1 Å². The monoisotopic (exact) mass is 210 g/mol. The predicted octanol–water partition coefficient (Wildman–Crippen LogP) is 1.47. The van der Waals surface area contributed by atoms with Crippen molar-refractivity contribution in [1.29, 1.82) is 0 Å². The van der Waals surface area contributed by atoms with E-state index in [1.807, 2.05) is 4.68 Å². The number of aromatic nitrogens is 3. The zero-order chi connectivity index (χ0) is 11.3. The van der Waals surface area contributed by atoms with Crippen LogP contribution >= 0.6 is 0 Å². The molecule has 0 aromatic carbocycles. The van der Waals surface area contributed by atoms with Gasteiger partial charge in [-0.2, -0.15) is 5.10 Å². The van der Waals surface area contributed by atoms with Crippen molar-refractivity contribution in [3.05, 3.63) is 12.2 Å². The second-order valence-corrected chi connectivity index (χ2v) is 4.61. The fourth-order valence-electron chi connectivity index (χ4n) is 1.45. The van der Waals surface area contributed by atoms with Crippen LogP contribution in [0.15, 0.2) is 6.33 Å². The summed E-state index contributed by atoms with van der Waals surface area (Å²) in [5, 5.41) is 7.62. The van der Waals surface area contributed by atoms with E-state index in [4.69, 9.17) is 0 Å². The van der Waals surface area contributed by atoms with E-state index in [0.717, 1.165) is 25.3 Å². The van der Waals surface area contributed by atoms with E-state index in [-0.39, 0.29) is 0 Å². The molecule has 4 heteroatoms. The van der Waals surface area contributed by atoms with Gasteiger partial charge in [0.2, 0.25) is 0 Å². The minimum absolute atomic E-state index is 0.534. The maximum atomic E-state index is 4.28. The van der Waals surface area contributed by atoms with Crippen LogP contribution in [0.1, 0.15) is 33.5 Å². The van der Waals surface area contributed by atoms with Gasteiger partial charge in [-0.25, -0.2) is 9.67 Å². The van der Waals surface area contributed by atoms with E-state index < -0.39 is 0 Å². The predicted molar refractivity (Wildman–Crippen MR) is 61.7 cm³/mol. The molecule has 1 rings (SSSR count). The summed E-state index contributed by atoms with van der Waals surface area (Å²) in [5.74, 6) is 1.69. The molecule has 0 atom stereocenters. The van der Waals surface area contributed by atoms with Gasteiger partial charge >= 0.3 is 0 Å². The quantitative estimate of drug-likeness (QED) is 0.773. The SMILES string of the molecule is CC(C)Cn1ncnc1CCNC(C)C. The standard InChI is InChI=1S/C11H22N4/c1-9(2)7-15-11(13-8-14-15)5-6-12-10(3)4/h8-10,12H,5-7H2,1-4H3. The molecule has 0 aliphatic carbocycles. The first-order chi connectivity index (χ1) is 7.09. The molecule has 0 amide bonds. The average Bonchev–Trinajstić information content (AvgIpc) is 2.51. The molecule has 1 aromatic rings. The van der Waals surface area contributed by atoms with Crippen molar-refractivity contribution >= 4 is 0 Å². The lowest BCUT2D eigenvalue weighted by Gasteiger charge is -2.10. The van der Waals surface area contributed by atoms with Crippen molar-refractivity contribution in [2.75, 3.05) is 6.54 Å². The van der Waals surface area contributed by atoms with Crippen LogP contribution in [-0.2, 0) is 13.0 Å². The highest BCUT2D eigenvalue weighted by Crippen LogP contribution is 2.01. The normalized spacial score (nSPS) is 11.6. The van der Waals surface area contributed by atoms with Gasteiger partial charge in [-0.15, -0.1) is 0 Å². The number of nitrogens with zero attached hydrogens (tertiary/aromatic N) is 3. The molecular weight excluding hydrogens is 188 g/mol. The first-order valence-electron chi connectivity index (χ1n) is 5.69. The molecule has 0 bridgehead atoms. The molecule has 0 spiro atoms. The van der Waals surface area contributed by atoms with Gasteiger partial charge in [0, 0.05) is 25.6 Å². The van der Waals surface area contributed by atoms with Gasteiger partial charge in [0.05, 0.1) is 0 Å². The van der Waals surface area contributed by atoms with E-state index in [2.05, 4.69) is 43.1 Å². The first kappa shape index (κ1) is 12.2. The summed E-state index contributed by atoms with van der Waals surface area (Å²) in [6.07, 6.45) is 2.60. The molecule has 86 valence electrons. The van der Waals surface area contributed by atoms with Gasteiger partial charge < -0.3 is 5.32 Å². The number of rotatable bonds is 6. The van der Waals surface area contributed by atoms with Crippen LogP contribution in [0.3, 0.4) is 0 Å².